The highest BCUT2D eigenvalue weighted by atomic mass is 32.1. The van der Waals surface area contributed by atoms with Gasteiger partial charge in [-0.15, -0.1) is 11.3 Å². The number of fused-ring (bicyclic) bond motifs is 2. The van der Waals surface area contributed by atoms with E-state index in [1.54, 1.807) is 11.3 Å². The Morgan fingerprint density at radius 2 is 2.24 bits per heavy atom. The third-order valence-electron chi connectivity index (χ3n) is 5.47. The predicted molar refractivity (Wildman–Crippen MR) is 98.7 cm³/mol. The van der Waals surface area contributed by atoms with E-state index in [1.807, 2.05) is 28.6 Å². The van der Waals surface area contributed by atoms with Crippen LogP contribution in [0.25, 0.3) is 10.2 Å². The molecule has 0 saturated carbocycles. The van der Waals surface area contributed by atoms with Crippen molar-refractivity contribution in [1.82, 2.24) is 14.8 Å². The van der Waals surface area contributed by atoms with Crippen LogP contribution in [0.4, 0.5) is 0 Å². The van der Waals surface area contributed by atoms with Gasteiger partial charge in [0.2, 0.25) is 5.91 Å². The standard InChI is InChI=1S/C19H23N3O2S/c1-2-8-22-16-7-9-21(11-14(16)4-6-18(22)23)19(24)13-3-5-17-15(10-13)20-12-25-17/h3,5,10,12,14,16H,2,4,6-9,11H2,1H3/t14-,16+/m0/s1. The summed E-state index contributed by atoms with van der Waals surface area (Å²) in [6.07, 6.45) is 3.40. The normalized spacial score (nSPS) is 23.8. The molecule has 132 valence electrons. The van der Waals surface area contributed by atoms with Crippen molar-refractivity contribution in [3.63, 3.8) is 0 Å². The first kappa shape index (κ1) is 16.5. The number of carbonyl (C=O) groups is 2. The number of nitrogens with zero attached hydrogens (tertiary/aromatic N) is 3. The van der Waals surface area contributed by atoms with E-state index < -0.39 is 0 Å². The number of benzene rings is 1. The van der Waals surface area contributed by atoms with E-state index in [0.717, 1.165) is 49.1 Å². The Kier molecular flexibility index (Phi) is 4.46. The fourth-order valence-electron chi connectivity index (χ4n) is 4.24. The number of hydrogen-bond donors (Lipinski definition) is 0. The van der Waals surface area contributed by atoms with E-state index in [9.17, 15) is 9.59 Å². The summed E-state index contributed by atoms with van der Waals surface area (Å²) in [6, 6.07) is 6.10. The van der Waals surface area contributed by atoms with Gasteiger partial charge in [-0.3, -0.25) is 9.59 Å². The molecule has 2 aromatic rings. The van der Waals surface area contributed by atoms with E-state index in [0.29, 0.717) is 23.9 Å². The minimum Gasteiger partial charge on any atom is -0.339 e. The molecule has 0 aliphatic carbocycles. The minimum absolute atomic E-state index is 0.0901. The van der Waals surface area contributed by atoms with Crippen molar-refractivity contribution < 1.29 is 9.59 Å². The summed E-state index contributed by atoms with van der Waals surface area (Å²) in [5.41, 5.74) is 3.42. The Morgan fingerprint density at radius 1 is 1.36 bits per heavy atom. The third kappa shape index (κ3) is 3.03. The van der Waals surface area contributed by atoms with Crippen LogP contribution in [-0.4, -0.2) is 52.3 Å². The SMILES string of the molecule is CCCN1C(=O)CC[C@H]2CN(C(=O)c3ccc4scnc4c3)CC[C@H]21. The van der Waals surface area contributed by atoms with Gasteiger partial charge in [-0.05, 0) is 43.4 Å². The summed E-state index contributed by atoms with van der Waals surface area (Å²) in [6.45, 7) is 4.44. The number of hydrogen-bond acceptors (Lipinski definition) is 4. The van der Waals surface area contributed by atoms with Crippen molar-refractivity contribution >= 4 is 33.4 Å². The molecule has 2 aliphatic heterocycles. The molecule has 2 saturated heterocycles. The van der Waals surface area contributed by atoms with E-state index >= 15 is 0 Å². The molecule has 2 atom stereocenters. The topological polar surface area (TPSA) is 53.5 Å². The molecule has 3 heterocycles. The zero-order valence-corrected chi connectivity index (χ0v) is 15.3. The molecule has 2 fully saturated rings. The van der Waals surface area contributed by atoms with Crippen molar-refractivity contribution in [3.8, 4) is 0 Å². The van der Waals surface area contributed by atoms with Crippen molar-refractivity contribution in [2.45, 2.75) is 38.6 Å². The highest BCUT2D eigenvalue weighted by molar-refractivity contribution is 7.16. The number of aromatic nitrogens is 1. The van der Waals surface area contributed by atoms with Crippen molar-refractivity contribution in [2.24, 2.45) is 5.92 Å². The first-order chi connectivity index (χ1) is 12.2. The van der Waals surface area contributed by atoms with Gasteiger partial charge in [0.25, 0.3) is 5.91 Å². The molecule has 2 amide bonds. The lowest BCUT2D eigenvalue weighted by atomic mass is 9.83. The fourth-order valence-corrected chi connectivity index (χ4v) is 4.90. The van der Waals surface area contributed by atoms with E-state index in [2.05, 4.69) is 16.8 Å². The number of rotatable bonds is 3. The zero-order valence-electron chi connectivity index (χ0n) is 14.5. The van der Waals surface area contributed by atoms with E-state index in [-0.39, 0.29) is 11.8 Å². The maximum Gasteiger partial charge on any atom is 0.253 e. The van der Waals surface area contributed by atoms with E-state index in [1.165, 1.54) is 0 Å². The maximum absolute atomic E-state index is 12.9. The Morgan fingerprint density at radius 3 is 3.08 bits per heavy atom. The molecular formula is C19H23N3O2S. The molecule has 25 heavy (non-hydrogen) atoms. The van der Waals surface area contributed by atoms with Gasteiger partial charge in [0, 0.05) is 37.7 Å². The molecule has 5 nitrogen and oxygen atoms in total. The highest BCUT2D eigenvalue weighted by Crippen LogP contribution is 2.32. The fraction of sp³-hybridized carbons (Fsp3) is 0.526. The van der Waals surface area contributed by atoms with Crippen molar-refractivity contribution in [1.29, 1.82) is 0 Å². The average Bonchev–Trinajstić information content (AvgIpc) is 3.11. The summed E-state index contributed by atoms with van der Waals surface area (Å²) < 4.78 is 1.11. The molecule has 0 spiro atoms. The van der Waals surface area contributed by atoms with Crippen LogP contribution in [0.2, 0.25) is 0 Å². The average molecular weight is 357 g/mol. The number of amides is 2. The van der Waals surface area contributed by atoms with Gasteiger partial charge < -0.3 is 9.80 Å². The van der Waals surface area contributed by atoms with Crippen LogP contribution in [0.1, 0.15) is 43.0 Å². The largest absolute Gasteiger partial charge is 0.339 e. The molecule has 1 aromatic carbocycles. The summed E-state index contributed by atoms with van der Waals surface area (Å²) in [7, 11) is 0. The van der Waals surface area contributed by atoms with Crippen LogP contribution < -0.4 is 0 Å². The van der Waals surface area contributed by atoms with Gasteiger partial charge in [-0.1, -0.05) is 6.92 Å². The molecule has 0 bridgehead atoms. The highest BCUT2D eigenvalue weighted by Gasteiger charge is 2.40. The van der Waals surface area contributed by atoms with Gasteiger partial charge in [0.1, 0.15) is 0 Å². The zero-order chi connectivity index (χ0) is 17.4. The van der Waals surface area contributed by atoms with Gasteiger partial charge in [0.15, 0.2) is 0 Å². The Hall–Kier alpha value is -1.95. The molecule has 6 heteroatoms. The van der Waals surface area contributed by atoms with Crippen LogP contribution >= 0.6 is 11.3 Å². The third-order valence-corrected chi connectivity index (χ3v) is 6.28. The second kappa shape index (κ2) is 6.75. The summed E-state index contributed by atoms with van der Waals surface area (Å²) in [5.74, 6) is 0.786. The lowest BCUT2D eigenvalue weighted by Crippen LogP contribution is -2.57. The smallest absolute Gasteiger partial charge is 0.253 e. The lowest BCUT2D eigenvalue weighted by Gasteiger charge is -2.47. The summed E-state index contributed by atoms with van der Waals surface area (Å²) in [5, 5.41) is 0. The van der Waals surface area contributed by atoms with Crippen LogP contribution in [0.3, 0.4) is 0 Å². The molecule has 1 aromatic heterocycles. The Labute approximate surface area is 151 Å². The molecule has 0 N–H and O–H groups in total. The number of likely N-dealkylation sites (tertiary alicyclic amines) is 2. The maximum atomic E-state index is 12.9. The minimum atomic E-state index is 0.0901. The number of thiazole rings is 1. The molecular weight excluding hydrogens is 334 g/mol. The van der Waals surface area contributed by atoms with Gasteiger partial charge >= 0.3 is 0 Å². The van der Waals surface area contributed by atoms with Crippen molar-refractivity contribution in [3.05, 3.63) is 29.3 Å². The molecule has 0 radical (unpaired) electrons. The number of piperidine rings is 2. The second-order valence-corrected chi connectivity index (χ2v) is 7.91. The van der Waals surface area contributed by atoms with E-state index in [4.69, 9.17) is 0 Å². The van der Waals surface area contributed by atoms with Gasteiger partial charge in [-0.2, -0.15) is 0 Å². The molecule has 2 aliphatic rings. The van der Waals surface area contributed by atoms with Gasteiger partial charge in [-0.25, -0.2) is 4.98 Å². The summed E-state index contributed by atoms with van der Waals surface area (Å²) >= 11 is 1.59. The second-order valence-electron chi connectivity index (χ2n) is 7.03. The Balaban J connectivity index is 1.49. The first-order valence-electron chi connectivity index (χ1n) is 9.09. The molecule has 0 unspecified atom stereocenters. The Bertz CT molecular complexity index is 803. The van der Waals surface area contributed by atoms with Gasteiger partial charge in [0.05, 0.1) is 15.7 Å². The first-order valence-corrected chi connectivity index (χ1v) is 9.97. The lowest BCUT2D eigenvalue weighted by molar-refractivity contribution is -0.140. The number of carbonyl (C=O) groups excluding carboxylic acids is 2. The molecule has 4 rings (SSSR count). The van der Waals surface area contributed by atoms with Crippen LogP contribution in [0.5, 0.6) is 0 Å². The van der Waals surface area contributed by atoms with Crippen LogP contribution in [-0.2, 0) is 4.79 Å². The van der Waals surface area contributed by atoms with Crippen LogP contribution in [0.15, 0.2) is 23.7 Å². The van der Waals surface area contributed by atoms with Crippen molar-refractivity contribution in [2.75, 3.05) is 19.6 Å². The van der Waals surface area contributed by atoms with Crippen LogP contribution in [0, 0.1) is 5.92 Å². The monoisotopic (exact) mass is 357 g/mol. The quantitative estimate of drug-likeness (QED) is 0.848. The summed E-state index contributed by atoms with van der Waals surface area (Å²) in [4.78, 5) is 33.5. The predicted octanol–water partition coefficient (Wildman–Crippen LogP) is 3.16.